The van der Waals surface area contributed by atoms with Gasteiger partial charge in [0.15, 0.2) is 5.96 Å². The van der Waals surface area contributed by atoms with E-state index in [0.717, 1.165) is 36.3 Å². The zero-order valence-corrected chi connectivity index (χ0v) is 81.0. The molecular formula is C95H133N23O21S. The minimum absolute atomic E-state index is 0.0215. The lowest BCUT2D eigenvalue weighted by Crippen LogP contribution is -2.62. The Labute approximate surface area is 814 Å². The first-order chi connectivity index (χ1) is 66.7. The van der Waals surface area contributed by atoms with Crippen LogP contribution in [0.2, 0.25) is 0 Å². The monoisotopic (exact) mass is 1960 g/mol. The third kappa shape index (κ3) is 29.8. The quantitative estimate of drug-likeness (QED) is 0.0147. The molecule has 17 amide bonds. The van der Waals surface area contributed by atoms with Crippen molar-refractivity contribution in [2.75, 3.05) is 79.1 Å². The summed E-state index contributed by atoms with van der Waals surface area (Å²) < 4.78 is 5.50. The van der Waals surface area contributed by atoms with Crippen LogP contribution in [0.15, 0.2) is 103 Å². The SMILES string of the molecule is CCCC[C@H]1C(=O)N(C)[C@@H](CCCC)C(=O)N[C@@H](CCCNC(=N)N)C(=O)N[C@H](C(=O)NCC(N)=O)CSCC(=O)N[C@@H](Cc2ccc(O)cc2)C(=O)N(C)[C@@H](C)C(=O)N[C@@H](CC(N)=O)C(=O)N2CCC[C@H]2C(=O)N[C@@H](CN)C(=O)N[C@@H](CC(C)C)C(=O)N2C[C@H](O)C[C@H]2C(=O)N[C@@H](Cc2c[nH]c3ccccc23)C(=O)N[C@@H](CO)C(=O)N[C@@H](Cc2c(-c3ccc(OC)cc3)[nH]c3ccccc23)C(=O)N1C. The number of primary amides is 2. The van der Waals surface area contributed by atoms with Gasteiger partial charge in [0, 0.05) is 112 Å². The number of hydrogen-bond donors (Lipinski definition) is 21. The number of nitrogens with one attached hydrogen (secondary N) is 14. The number of aromatic hydroxyl groups is 1. The number of guanidine groups is 1. The molecule has 9 rings (SSSR count). The highest BCUT2D eigenvalue weighted by molar-refractivity contribution is 8.00. The average molecular weight is 1970 g/mol. The second-order valence-electron chi connectivity index (χ2n) is 35.8. The normalized spacial score (nSPS) is 24.3. The van der Waals surface area contributed by atoms with E-state index in [9.17, 15) is 58.5 Å². The number of likely N-dealkylation sites (N-methyl/N-ethyl adjacent to an activating group) is 3. The standard InChI is InChI=1S/C95H133N23O21S/c1-10-12-25-73-87(131)106-64(24-18-36-101-95(99)100)83(127)113-72(82(126)103-46-78(98)123)49-140-50-79(124)104-67(39-53-28-32-56(120)33-29-53)90(134)114(6)52(5)81(125)108-69(43-77(97)122)92(136)117-37-19-27-74(117)88(132)111-70(44-96)85(129)109-66(38-51(3)4)93(137)118-47-57(121)41-76(118)89(133)107-65(40-55-45-102-62-22-16-14-20-59(55)62)84(128)112-71(48-119)86(130)110-68(91(135)116(8)75(26-13-11-2)94(138)115(73)7)42-61-60-21-15-17-23-63(60)105-80(61)54-30-34-58(139-9)35-31-54/h14-17,20-23,28-35,45,51-52,57,64-76,102,105,119-121H,10-13,18-19,24-27,36-44,46-50,96H2,1-9H3,(H2,97,122)(H2,98,123)(H,103,126)(H,104,124)(H,106,131)(H,107,133)(H,108,125)(H,109,129)(H,110,130)(H,111,132)(H,112,128)(H,113,127)(H4,99,100,101)/t52-,57+,64-,65-,66-,67-,68-,69-,70-,71-,72-,73-,74-,75-,76-/m0/s1. The van der Waals surface area contributed by atoms with E-state index in [1.165, 1.54) is 59.4 Å². The lowest BCUT2D eigenvalue weighted by molar-refractivity contribution is -0.149. The molecule has 0 spiro atoms. The molecule has 4 aromatic carbocycles. The number of fused-ring (bicyclic) bond motifs is 4. The van der Waals surface area contributed by atoms with Gasteiger partial charge in [0.1, 0.15) is 96.1 Å². The molecule has 3 saturated heterocycles. The molecule has 760 valence electrons. The number of ether oxygens (including phenoxy) is 1. The first-order valence-corrected chi connectivity index (χ1v) is 48.0. The Kier molecular flexibility index (Phi) is 40.9. The molecule has 6 aromatic rings. The molecule has 2 aromatic heterocycles. The molecule has 0 aliphatic carbocycles. The minimum atomic E-state index is -1.94. The maximum absolute atomic E-state index is 16.2. The number of hydrogen-bond acceptors (Lipinski definition) is 24. The summed E-state index contributed by atoms with van der Waals surface area (Å²) in [6, 6.07) is 4.37. The zero-order valence-electron chi connectivity index (χ0n) is 80.2. The zero-order chi connectivity index (χ0) is 102. The molecule has 140 heavy (non-hydrogen) atoms. The number of benzene rings is 4. The van der Waals surface area contributed by atoms with E-state index in [1.807, 2.05) is 13.8 Å². The van der Waals surface area contributed by atoms with Crippen molar-refractivity contribution >= 4 is 140 Å². The number of amides is 17. The summed E-state index contributed by atoms with van der Waals surface area (Å²) in [6.07, 6.45) is -0.675. The number of methoxy groups -OCH3 is 1. The van der Waals surface area contributed by atoms with E-state index < -0.39 is 248 Å². The van der Waals surface area contributed by atoms with Gasteiger partial charge in [-0.1, -0.05) is 102 Å². The third-order valence-corrected chi connectivity index (χ3v) is 26.1. The van der Waals surface area contributed by atoms with Crippen LogP contribution in [0.25, 0.3) is 33.1 Å². The van der Waals surface area contributed by atoms with Crippen molar-refractivity contribution in [1.29, 1.82) is 5.41 Å². The highest BCUT2D eigenvalue weighted by atomic mass is 32.2. The van der Waals surface area contributed by atoms with Crippen LogP contribution < -0.4 is 86.2 Å². The third-order valence-electron chi connectivity index (χ3n) is 25.1. The molecule has 0 radical (unpaired) electrons. The number of nitrogens with zero attached hydrogens (tertiary/aromatic N) is 5. The van der Waals surface area contributed by atoms with Gasteiger partial charge in [0.25, 0.3) is 0 Å². The maximum atomic E-state index is 16.2. The average Bonchev–Trinajstić information content (AvgIpc) is 1.62. The smallest absolute Gasteiger partial charge is 0.246 e. The van der Waals surface area contributed by atoms with E-state index in [2.05, 4.69) is 68.5 Å². The van der Waals surface area contributed by atoms with E-state index in [1.54, 1.807) is 92.8 Å². The topological polar surface area (TPSA) is 668 Å². The van der Waals surface area contributed by atoms with Gasteiger partial charge in [0.2, 0.25) is 100 Å². The molecule has 25 N–H and O–H groups in total. The number of aromatic amines is 2. The van der Waals surface area contributed by atoms with Crippen LogP contribution in [0.1, 0.15) is 135 Å². The summed E-state index contributed by atoms with van der Waals surface area (Å²) in [6.45, 7) is 5.30. The number of aromatic nitrogens is 2. The lowest BCUT2D eigenvalue weighted by atomic mass is 9.96. The van der Waals surface area contributed by atoms with Crippen molar-refractivity contribution in [2.45, 2.75) is 228 Å². The molecule has 45 heteroatoms. The number of rotatable bonds is 27. The van der Waals surface area contributed by atoms with E-state index in [0.29, 0.717) is 81.2 Å². The van der Waals surface area contributed by atoms with Crippen molar-refractivity contribution in [1.82, 2.24) is 93.0 Å². The number of para-hydroxylation sites is 2. The number of H-pyrrole nitrogens is 2. The minimum Gasteiger partial charge on any atom is -0.508 e. The Morgan fingerprint density at radius 2 is 1.14 bits per heavy atom. The summed E-state index contributed by atoms with van der Waals surface area (Å²) in [7, 11) is 5.39. The number of unbranched alkanes of at least 4 members (excludes halogenated alkanes) is 2. The number of phenolic OH excluding ortho intramolecular Hbond substituents is 1. The number of thioether (sulfide) groups is 1. The molecule has 0 bridgehead atoms. The highest BCUT2D eigenvalue weighted by Gasteiger charge is 2.47. The van der Waals surface area contributed by atoms with Crippen molar-refractivity contribution in [3.8, 4) is 22.8 Å². The Morgan fingerprint density at radius 3 is 1.79 bits per heavy atom. The fourth-order valence-corrected chi connectivity index (χ4v) is 18.2. The molecule has 15 atom stereocenters. The van der Waals surface area contributed by atoms with Gasteiger partial charge in [0.05, 0.1) is 38.5 Å². The summed E-state index contributed by atoms with van der Waals surface area (Å²) in [4.78, 5) is 263. The highest BCUT2D eigenvalue weighted by Crippen LogP contribution is 2.34. The Bertz CT molecular complexity index is 5430. The second-order valence-corrected chi connectivity index (χ2v) is 36.9. The Hall–Kier alpha value is -14.0. The number of phenols is 1. The first-order valence-electron chi connectivity index (χ1n) is 46.9. The van der Waals surface area contributed by atoms with Crippen LogP contribution in [0.4, 0.5) is 0 Å². The molecule has 3 fully saturated rings. The molecule has 44 nitrogen and oxygen atoms in total. The molecule has 0 saturated carbocycles. The maximum Gasteiger partial charge on any atom is 0.246 e. The van der Waals surface area contributed by atoms with Gasteiger partial charge >= 0.3 is 0 Å². The number of nitrogens with two attached hydrogens (primary N) is 4. The van der Waals surface area contributed by atoms with E-state index >= 15 is 38.4 Å². The molecule has 5 heterocycles. The van der Waals surface area contributed by atoms with Crippen LogP contribution in [0.3, 0.4) is 0 Å². The Balaban J connectivity index is 1.12. The van der Waals surface area contributed by atoms with Gasteiger partial charge in [-0.05, 0) is 129 Å². The van der Waals surface area contributed by atoms with Crippen LogP contribution in [-0.2, 0) is 101 Å². The summed E-state index contributed by atoms with van der Waals surface area (Å²) in [5.41, 5.74) is 26.7. The van der Waals surface area contributed by atoms with E-state index in [4.69, 9.17) is 33.1 Å². The van der Waals surface area contributed by atoms with E-state index in [-0.39, 0.29) is 89.0 Å². The Morgan fingerprint density at radius 1 is 0.571 bits per heavy atom. The molecule has 3 aliphatic heterocycles. The number of aliphatic hydroxyl groups excluding tert-OH is 2. The number of aliphatic hydroxyl groups is 2. The predicted octanol–water partition coefficient (Wildman–Crippen LogP) is -2.26. The van der Waals surface area contributed by atoms with Crippen LogP contribution in [-0.4, -0.2) is 326 Å². The molecular weight excluding hydrogens is 1830 g/mol. The van der Waals surface area contributed by atoms with Gasteiger partial charge in [-0.25, -0.2) is 0 Å². The fourth-order valence-electron chi connectivity index (χ4n) is 17.3. The fraction of sp³-hybridized carbons (Fsp3) is 0.516. The molecule has 0 unspecified atom stereocenters. The van der Waals surface area contributed by atoms with Crippen LogP contribution in [0, 0.1) is 11.3 Å². The lowest BCUT2D eigenvalue weighted by Gasteiger charge is -2.36. The van der Waals surface area contributed by atoms with Gasteiger partial charge in [-0.15, -0.1) is 11.8 Å². The van der Waals surface area contributed by atoms with Gasteiger partial charge in [-0.3, -0.25) is 86.9 Å². The van der Waals surface area contributed by atoms with Gasteiger partial charge < -0.3 is 136 Å². The summed E-state index contributed by atoms with van der Waals surface area (Å²) in [5, 5.41) is 71.1. The molecule has 3 aliphatic rings. The van der Waals surface area contributed by atoms with Crippen molar-refractivity contribution in [2.24, 2.45) is 28.9 Å². The second kappa shape index (κ2) is 52.2. The van der Waals surface area contributed by atoms with Gasteiger partial charge in [-0.2, -0.15) is 0 Å². The number of carbonyl (C=O) groups excluding carboxylic acids is 17. The summed E-state index contributed by atoms with van der Waals surface area (Å²) >= 11 is 0.755. The van der Waals surface area contributed by atoms with Crippen LogP contribution >= 0.6 is 11.8 Å². The van der Waals surface area contributed by atoms with Crippen LogP contribution in [0.5, 0.6) is 11.5 Å². The number of carbonyl (C=O) groups is 17. The van der Waals surface area contributed by atoms with Crippen molar-refractivity contribution in [3.63, 3.8) is 0 Å². The van der Waals surface area contributed by atoms with Crippen molar-refractivity contribution < 1.29 is 102 Å². The first kappa shape index (κ1) is 110. The summed E-state index contributed by atoms with van der Waals surface area (Å²) in [5.74, 6) is -17.9. The largest absolute Gasteiger partial charge is 0.508 e. The van der Waals surface area contributed by atoms with Crippen molar-refractivity contribution in [3.05, 3.63) is 120 Å². The predicted molar refractivity (Wildman–Crippen MR) is 519 cm³/mol.